The summed E-state index contributed by atoms with van der Waals surface area (Å²) in [5.74, 6) is -1.52. The molecular weight excluding hydrogens is 160 g/mol. The maximum atomic E-state index is 10.8. The second kappa shape index (κ2) is 3.13. The first-order chi connectivity index (χ1) is 5.52. The van der Waals surface area contributed by atoms with Crippen LogP contribution in [0.3, 0.4) is 0 Å². The van der Waals surface area contributed by atoms with Crippen molar-refractivity contribution in [1.82, 2.24) is 0 Å². The van der Waals surface area contributed by atoms with Crippen LogP contribution < -0.4 is 0 Å². The molecule has 0 saturated carbocycles. The number of aliphatic carboxylic acids is 1. The van der Waals surface area contributed by atoms with Gasteiger partial charge in [0.2, 0.25) is 6.10 Å². The molecule has 68 valence electrons. The highest BCUT2D eigenvalue weighted by Gasteiger charge is 2.47. The first kappa shape index (κ1) is 9.03. The summed E-state index contributed by atoms with van der Waals surface area (Å²) in [6.45, 7) is 3.90. The highest BCUT2D eigenvalue weighted by molar-refractivity contribution is 5.90. The number of esters is 1. The molecule has 0 spiro atoms. The summed E-state index contributed by atoms with van der Waals surface area (Å²) in [5, 5.41) is 8.56. The summed E-state index contributed by atoms with van der Waals surface area (Å²) in [6, 6.07) is 0. The van der Waals surface area contributed by atoms with Crippen LogP contribution in [0.2, 0.25) is 0 Å². The summed E-state index contributed by atoms with van der Waals surface area (Å²) in [5.41, 5.74) is 0. The number of carboxylic acid groups (broad SMARTS) is 1. The number of carbonyl (C=O) groups is 2. The molecule has 1 aliphatic rings. The van der Waals surface area contributed by atoms with Gasteiger partial charge in [-0.1, -0.05) is 13.8 Å². The average Bonchev–Trinajstić information content (AvgIpc) is 1.95. The minimum atomic E-state index is -1.04. The van der Waals surface area contributed by atoms with Gasteiger partial charge < -0.3 is 9.84 Å². The average molecular weight is 172 g/mol. The van der Waals surface area contributed by atoms with Crippen molar-refractivity contribution in [2.24, 2.45) is 11.8 Å². The van der Waals surface area contributed by atoms with Crippen LogP contribution in [0.1, 0.15) is 20.3 Å². The topological polar surface area (TPSA) is 63.6 Å². The zero-order valence-electron chi connectivity index (χ0n) is 7.11. The summed E-state index contributed by atoms with van der Waals surface area (Å²) in [6.07, 6.45) is -0.310. The molecule has 0 radical (unpaired) electrons. The van der Waals surface area contributed by atoms with E-state index in [9.17, 15) is 9.59 Å². The number of rotatable bonds is 3. The molecule has 1 heterocycles. The van der Waals surface area contributed by atoms with Crippen LogP contribution in [0.15, 0.2) is 0 Å². The van der Waals surface area contributed by atoms with E-state index in [1.54, 1.807) is 0 Å². The van der Waals surface area contributed by atoms with Gasteiger partial charge in [-0.05, 0) is 12.3 Å². The van der Waals surface area contributed by atoms with Crippen molar-refractivity contribution in [2.45, 2.75) is 26.4 Å². The number of hydrogen-bond acceptors (Lipinski definition) is 3. The predicted molar refractivity (Wildman–Crippen MR) is 40.5 cm³/mol. The molecule has 0 amide bonds. The van der Waals surface area contributed by atoms with Crippen LogP contribution in [0.5, 0.6) is 0 Å². The molecule has 1 fully saturated rings. The van der Waals surface area contributed by atoms with Gasteiger partial charge in [0.05, 0.1) is 0 Å². The summed E-state index contributed by atoms with van der Waals surface area (Å²) in [4.78, 5) is 21.2. The molecule has 1 N–H and O–H groups in total. The van der Waals surface area contributed by atoms with Crippen molar-refractivity contribution in [3.8, 4) is 0 Å². The third kappa shape index (κ3) is 1.57. The molecule has 0 unspecified atom stereocenters. The molecule has 4 nitrogen and oxygen atoms in total. The first-order valence-corrected chi connectivity index (χ1v) is 3.95. The molecule has 12 heavy (non-hydrogen) atoms. The zero-order chi connectivity index (χ0) is 9.30. The summed E-state index contributed by atoms with van der Waals surface area (Å²) in [7, 11) is 0. The van der Waals surface area contributed by atoms with E-state index in [1.807, 2.05) is 13.8 Å². The second-order valence-corrected chi connectivity index (χ2v) is 3.43. The molecule has 1 rings (SSSR count). The number of cyclic esters (lactones) is 1. The lowest BCUT2D eigenvalue weighted by Crippen LogP contribution is -2.50. The predicted octanol–water partition coefficient (Wildman–Crippen LogP) is 0.659. The van der Waals surface area contributed by atoms with E-state index in [0.717, 1.165) is 0 Å². The highest BCUT2D eigenvalue weighted by atomic mass is 16.6. The third-order valence-electron chi connectivity index (χ3n) is 1.88. The van der Waals surface area contributed by atoms with E-state index in [1.165, 1.54) is 0 Å². The van der Waals surface area contributed by atoms with Crippen molar-refractivity contribution < 1.29 is 19.4 Å². The fraction of sp³-hybridized carbons (Fsp3) is 0.750. The van der Waals surface area contributed by atoms with E-state index in [2.05, 4.69) is 4.74 Å². The van der Waals surface area contributed by atoms with Crippen molar-refractivity contribution in [3.63, 3.8) is 0 Å². The Kier molecular flexibility index (Phi) is 2.35. The Bertz CT molecular complexity index is 209. The molecule has 0 aromatic rings. The maximum Gasteiger partial charge on any atom is 0.345 e. The molecule has 0 bridgehead atoms. The van der Waals surface area contributed by atoms with E-state index >= 15 is 0 Å². The maximum absolute atomic E-state index is 10.8. The van der Waals surface area contributed by atoms with Crippen molar-refractivity contribution >= 4 is 11.9 Å². The Morgan fingerprint density at radius 3 is 2.58 bits per heavy atom. The van der Waals surface area contributed by atoms with Crippen LogP contribution in [0, 0.1) is 11.8 Å². The van der Waals surface area contributed by atoms with E-state index in [0.29, 0.717) is 12.3 Å². The van der Waals surface area contributed by atoms with Crippen LogP contribution in [-0.4, -0.2) is 23.1 Å². The third-order valence-corrected chi connectivity index (χ3v) is 1.88. The van der Waals surface area contributed by atoms with E-state index in [4.69, 9.17) is 5.11 Å². The van der Waals surface area contributed by atoms with Gasteiger partial charge in [0.25, 0.3) is 0 Å². The van der Waals surface area contributed by atoms with Crippen LogP contribution in [-0.2, 0) is 14.3 Å². The van der Waals surface area contributed by atoms with Crippen molar-refractivity contribution in [3.05, 3.63) is 0 Å². The Labute approximate surface area is 70.5 Å². The van der Waals surface area contributed by atoms with Crippen LogP contribution >= 0.6 is 0 Å². The fourth-order valence-corrected chi connectivity index (χ4v) is 1.30. The van der Waals surface area contributed by atoms with Crippen molar-refractivity contribution in [2.75, 3.05) is 0 Å². The smallest absolute Gasteiger partial charge is 0.345 e. The molecule has 4 heteroatoms. The largest absolute Gasteiger partial charge is 0.478 e. The lowest BCUT2D eigenvalue weighted by atomic mass is 9.88. The molecule has 0 aliphatic carbocycles. The zero-order valence-corrected chi connectivity index (χ0v) is 7.11. The standard InChI is InChI=1S/C8H12O4/c1-4(2)3-5-6(7(9)10)12-8(5)11/h4-6H,3H2,1-2H3,(H,9,10)/t5-,6+/m0/s1. The Balaban J connectivity index is 2.50. The Hall–Kier alpha value is -1.06. The molecule has 2 atom stereocenters. The van der Waals surface area contributed by atoms with Gasteiger partial charge in [0.1, 0.15) is 5.92 Å². The molecule has 0 aromatic heterocycles. The van der Waals surface area contributed by atoms with Crippen molar-refractivity contribution in [1.29, 1.82) is 0 Å². The van der Waals surface area contributed by atoms with Gasteiger partial charge in [0, 0.05) is 0 Å². The lowest BCUT2D eigenvalue weighted by molar-refractivity contribution is -0.196. The van der Waals surface area contributed by atoms with Crippen LogP contribution in [0.4, 0.5) is 0 Å². The highest BCUT2D eigenvalue weighted by Crippen LogP contribution is 2.28. The van der Waals surface area contributed by atoms with E-state index < -0.39 is 18.0 Å². The molecule has 1 aliphatic heterocycles. The van der Waals surface area contributed by atoms with Gasteiger partial charge in [0.15, 0.2) is 0 Å². The molecule has 1 saturated heterocycles. The Morgan fingerprint density at radius 1 is 1.67 bits per heavy atom. The minimum absolute atomic E-state index is 0.324. The SMILES string of the molecule is CC(C)C[C@@H]1C(=O)O[C@H]1C(=O)O. The van der Waals surface area contributed by atoms with Crippen LogP contribution in [0.25, 0.3) is 0 Å². The number of hydrogen-bond donors (Lipinski definition) is 1. The lowest BCUT2D eigenvalue weighted by Gasteiger charge is -2.32. The van der Waals surface area contributed by atoms with Gasteiger partial charge in [-0.25, -0.2) is 4.79 Å². The Morgan fingerprint density at radius 2 is 2.25 bits per heavy atom. The molecular formula is C8H12O4. The monoisotopic (exact) mass is 172 g/mol. The number of ether oxygens (including phenoxy) is 1. The summed E-state index contributed by atoms with van der Waals surface area (Å²) < 4.78 is 4.48. The fourth-order valence-electron chi connectivity index (χ4n) is 1.30. The van der Waals surface area contributed by atoms with Gasteiger partial charge in [-0.3, -0.25) is 4.79 Å². The normalized spacial score (nSPS) is 28.1. The number of carbonyl (C=O) groups excluding carboxylic acids is 1. The first-order valence-electron chi connectivity index (χ1n) is 3.95. The van der Waals surface area contributed by atoms with Gasteiger partial charge in [-0.2, -0.15) is 0 Å². The quantitative estimate of drug-likeness (QED) is 0.635. The van der Waals surface area contributed by atoms with Gasteiger partial charge >= 0.3 is 11.9 Å². The number of carboxylic acids is 1. The van der Waals surface area contributed by atoms with E-state index in [-0.39, 0.29) is 5.97 Å². The second-order valence-electron chi connectivity index (χ2n) is 3.43. The minimum Gasteiger partial charge on any atom is -0.478 e. The molecule has 0 aromatic carbocycles. The summed E-state index contributed by atoms with van der Waals surface area (Å²) >= 11 is 0. The van der Waals surface area contributed by atoms with Gasteiger partial charge in [-0.15, -0.1) is 0 Å².